The van der Waals surface area contributed by atoms with Crippen LogP contribution < -0.4 is 5.32 Å². The molecule has 5 heteroatoms. The predicted octanol–water partition coefficient (Wildman–Crippen LogP) is 3.78. The average molecular weight is 275 g/mol. The van der Waals surface area contributed by atoms with Crippen LogP contribution in [-0.2, 0) is 0 Å². The molecule has 0 spiro atoms. The Bertz CT molecular complexity index is 360. The summed E-state index contributed by atoms with van der Waals surface area (Å²) >= 11 is 1.79. The van der Waals surface area contributed by atoms with Crippen LogP contribution in [0.1, 0.15) is 24.4 Å². The number of benzene rings is 1. The molecule has 18 heavy (non-hydrogen) atoms. The second kappa shape index (κ2) is 5.97. The Morgan fingerprint density at radius 1 is 1.28 bits per heavy atom. The summed E-state index contributed by atoms with van der Waals surface area (Å²) in [6.07, 6.45) is -4.00. The van der Waals surface area contributed by atoms with E-state index in [0.717, 1.165) is 17.9 Å². The highest BCUT2D eigenvalue weighted by atomic mass is 32.2. The highest BCUT2D eigenvalue weighted by Gasteiger charge is 2.33. The van der Waals surface area contributed by atoms with Crippen LogP contribution in [0.15, 0.2) is 30.3 Å². The molecule has 2 rings (SSSR count). The first-order valence-electron chi connectivity index (χ1n) is 6.00. The molecule has 2 atom stereocenters. The molecule has 1 aliphatic heterocycles. The topological polar surface area (TPSA) is 12.0 Å². The van der Waals surface area contributed by atoms with Gasteiger partial charge in [-0.25, -0.2) is 0 Å². The Labute approximate surface area is 109 Å². The quantitative estimate of drug-likeness (QED) is 0.897. The number of hydrogen-bond acceptors (Lipinski definition) is 2. The zero-order chi connectivity index (χ0) is 13.0. The van der Waals surface area contributed by atoms with Crippen LogP contribution in [0.5, 0.6) is 0 Å². The van der Waals surface area contributed by atoms with E-state index in [-0.39, 0.29) is 6.04 Å². The minimum absolute atomic E-state index is 0.197. The Balaban J connectivity index is 2.07. The molecule has 1 aliphatic rings. The number of hydrogen-bond donors (Lipinski definition) is 1. The third kappa shape index (κ3) is 4.21. The number of rotatable bonds is 4. The maximum Gasteiger partial charge on any atom is 0.390 e. The van der Waals surface area contributed by atoms with Crippen LogP contribution in [0, 0.1) is 0 Å². The van der Waals surface area contributed by atoms with Gasteiger partial charge in [0.05, 0.1) is 6.42 Å². The summed E-state index contributed by atoms with van der Waals surface area (Å²) in [5.41, 5.74) is 0.715. The smallest absolute Gasteiger partial charge is 0.306 e. The van der Waals surface area contributed by atoms with Gasteiger partial charge in [-0.1, -0.05) is 30.3 Å². The van der Waals surface area contributed by atoms with Gasteiger partial charge in [-0.05, 0) is 17.7 Å². The fraction of sp³-hybridized carbons (Fsp3) is 0.538. The molecule has 1 N–H and O–H groups in total. The monoisotopic (exact) mass is 275 g/mol. The van der Waals surface area contributed by atoms with E-state index in [1.165, 1.54) is 0 Å². The van der Waals surface area contributed by atoms with Crippen molar-refractivity contribution in [3.8, 4) is 0 Å². The molecule has 1 aromatic carbocycles. The van der Waals surface area contributed by atoms with Crippen molar-refractivity contribution in [3.05, 3.63) is 35.9 Å². The molecular weight excluding hydrogens is 259 g/mol. The van der Waals surface area contributed by atoms with Crippen molar-refractivity contribution in [1.29, 1.82) is 0 Å². The minimum atomic E-state index is -4.14. The van der Waals surface area contributed by atoms with Crippen LogP contribution in [0.2, 0.25) is 0 Å². The van der Waals surface area contributed by atoms with E-state index >= 15 is 0 Å². The molecule has 0 amide bonds. The van der Waals surface area contributed by atoms with Crippen molar-refractivity contribution in [3.63, 3.8) is 0 Å². The van der Waals surface area contributed by atoms with Crippen molar-refractivity contribution in [1.82, 2.24) is 5.32 Å². The van der Waals surface area contributed by atoms with Gasteiger partial charge in [-0.2, -0.15) is 24.9 Å². The van der Waals surface area contributed by atoms with Gasteiger partial charge in [-0.15, -0.1) is 0 Å². The molecule has 2 unspecified atom stereocenters. The van der Waals surface area contributed by atoms with E-state index < -0.39 is 18.6 Å². The van der Waals surface area contributed by atoms with Gasteiger partial charge >= 0.3 is 6.18 Å². The van der Waals surface area contributed by atoms with Crippen molar-refractivity contribution in [2.45, 2.75) is 31.1 Å². The first-order valence-corrected chi connectivity index (χ1v) is 7.15. The first-order chi connectivity index (χ1) is 8.54. The number of thioether (sulfide) groups is 1. The molecule has 0 radical (unpaired) electrons. The highest BCUT2D eigenvalue weighted by molar-refractivity contribution is 7.99. The van der Waals surface area contributed by atoms with E-state index in [2.05, 4.69) is 5.32 Å². The Hall–Kier alpha value is -0.680. The van der Waals surface area contributed by atoms with Crippen LogP contribution in [0.3, 0.4) is 0 Å². The lowest BCUT2D eigenvalue weighted by Crippen LogP contribution is -2.35. The molecule has 1 fully saturated rings. The van der Waals surface area contributed by atoms with Gasteiger partial charge in [0.2, 0.25) is 0 Å². The average Bonchev–Trinajstić information content (AvgIpc) is 2.80. The summed E-state index contributed by atoms with van der Waals surface area (Å²) in [4.78, 5) is 0. The lowest BCUT2D eigenvalue weighted by atomic mass is 10.0. The molecule has 1 nitrogen and oxygen atoms in total. The Morgan fingerprint density at radius 2 is 2.00 bits per heavy atom. The summed E-state index contributed by atoms with van der Waals surface area (Å²) in [5.74, 6) is 1.94. The highest BCUT2D eigenvalue weighted by Crippen LogP contribution is 2.31. The lowest BCUT2D eigenvalue weighted by molar-refractivity contribution is -0.140. The van der Waals surface area contributed by atoms with E-state index in [4.69, 9.17) is 0 Å². The summed E-state index contributed by atoms with van der Waals surface area (Å²) in [7, 11) is 0. The second-order valence-electron chi connectivity index (χ2n) is 4.51. The molecule has 0 aromatic heterocycles. The third-order valence-corrected chi connectivity index (χ3v) is 4.17. The summed E-state index contributed by atoms with van der Waals surface area (Å²) in [5, 5.41) is 3.15. The van der Waals surface area contributed by atoms with Gasteiger partial charge in [0.25, 0.3) is 0 Å². The van der Waals surface area contributed by atoms with E-state index in [1.807, 2.05) is 6.07 Å². The molecule has 1 heterocycles. The van der Waals surface area contributed by atoms with Crippen LogP contribution in [0.25, 0.3) is 0 Å². The molecule has 0 saturated carbocycles. The fourth-order valence-electron chi connectivity index (χ4n) is 2.14. The summed E-state index contributed by atoms with van der Waals surface area (Å²) in [6.45, 7) is 0. The van der Waals surface area contributed by atoms with Crippen LogP contribution >= 0.6 is 11.8 Å². The third-order valence-electron chi connectivity index (χ3n) is 3.00. The van der Waals surface area contributed by atoms with E-state index in [9.17, 15) is 13.2 Å². The molecule has 1 aromatic rings. The first kappa shape index (κ1) is 13.7. The minimum Gasteiger partial charge on any atom is -0.306 e. The lowest BCUT2D eigenvalue weighted by Gasteiger charge is -2.24. The Morgan fingerprint density at radius 3 is 2.56 bits per heavy atom. The molecule has 0 bridgehead atoms. The largest absolute Gasteiger partial charge is 0.390 e. The van der Waals surface area contributed by atoms with Crippen molar-refractivity contribution in [2.24, 2.45) is 0 Å². The van der Waals surface area contributed by atoms with Crippen LogP contribution in [0.4, 0.5) is 13.2 Å². The molecule has 100 valence electrons. The maximum atomic E-state index is 12.6. The van der Waals surface area contributed by atoms with Gasteiger partial charge in [0.15, 0.2) is 0 Å². The van der Waals surface area contributed by atoms with Gasteiger partial charge in [0.1, 0.15) is 0 Å². The number of nitrogens with one attached hydrogen (secondary N) is 1. The normalized spacial score (nSPS) is 22.1. The standard InChI is InChI=1S/C13H16F3NS/c14-13(15,16)8-12(10-4-2-1-3-5-10)17-11-6-7-18-9-11/h1-5,11-12,17H,6-9H2. The molecular formula is C13H16F3NS. The SMILES string of the molecule is FC(F)(F)CC(NC1CCSC1)c1ccccc1. The van der Waals surface area contributed by atoms with Gasteiger partial charge in [-0.3, -0.25) is 0 Å². The molecule has 0 aliphatic carbocycles. The van der Waals surface area contributed by atoms with Crippen molar-refractivity contribution >= 4 is 11.8 Å². The number of alkyl halides is 3. The van der Waals surface area contributed by atoms with E-state index in [0.29, 0.717) is 5.56 Å². The van der Waals surface area contributed by atoms with E-state index in [1.54, 1.807) is 36.0 Å². The van der Waals surface area contributed by atoms with Gasteiger partial charge < -0.3 is 5.32 Å². The maximum absolute atomic E-state index is 12.6. The van der Waals surface area contributed by atoms with Crippen molar-refractivity contribution in [2.75, 3.05) is 11.5 Å². The number of halogens is 3. The Kier molecular flexibility index (Phi) is 4.56. The summed E-state index contributed by atoms with van der Waals surface area (Å²) < 4.78 is 37.9. The second-order valence-corrected chi connectivity index (χ2v) is 5.66. The predicted molar refractivity (Wildman–Crippen MR) is 68.7 cm³/mol. The van der Waals surface area contributed by atoms with Crippen molar-refractivity contribution < 1.29 is 13.2 Å². The van der Waals surface area contributed by atoms with Crippen LogP contribution in [-0.4, -0.2) is 23.7 Å². The zero-order valence-corrected chi connectivity index (χ0v) is 10.7. The molecule has 1 saturated heterocycles. The van der Waals surface area contributed by atoms with Gasteiger partial charge in [0, 0.05) is 17.8 Å². The fourth-order valence-corrected chi connectivity index (χ4v) is 3.31. The summed E-state index contributed by atoms with van der Waals surface area (Å²) in [6, 6.07) is 8.46. The zero-order valence-electron chi connectivity index (χ0n) is 9.91.